The van der Waals surface area contributed by atoms with E-state index in [0.29, 0.717) is 11.4 Å². The third-order valence-corrected chi connectivity index (χ3v) is 5.08. The summed E-state index contributed by atoms with van der Waals surface area (Å²) in [6, 6.07) is 17.6. The van der Waals surface area contributed by atoms with Crippen LogP contribution in [0.1, 0.15) is 36.7 Å². The van der Waals surface area contributed by atoms with Crippen molar-refractivity contribution in [2.24, 2.45) is 0 Å². The van der Waals surface area contributed by atoms with Crippen molar-refractivity contribution < 1.29 is 19.1 Å². The molecular formula is C22H19NO4S. The Labute approximate surface area is 167 Å². The van der Waals surface area contributed by atoms with E-state index in [0.717, 1.165) is 11.1 Å². The molecule has 1 heterocycles. The van der Waals surface area contributed by atoms with Crippen LogP contribution in [0.15, 0.2) is 66.0 Å². The number of carbonyl (C=O) groups excluding carboxylic acids is 3. The molecule has 0 aliphatic carbocycles. The molecule has 0 atom stereocenters. The fourth-order valence-corrected chi connectivity index (χ4v) is 3.34. The minimum absolute atomic E-state index is 0.146. The fraction of sp³-hybridized carbons (Fsp3) is 0.136. The Morgan fingerprint density at radius 2 is 1.64 bits per heavy atom. The van der Waals surface area contributed by atoms with Gasteiger partial charge < -0.3 is 10.1 Å². The van der Waals surface area contributed by atoms with E-state index in [1.54, 1.807) is 35.7 Å². The molecule has 3 rings (SSSR count). The molecule has 0 saturated heterocycles. The monoisotopic (exact) mass is 393 g/mol. The lowest BCUT2D eigenvalue weighted by Crippen LogP contribution is -2.29. The first-order valence-corrected chi connectivity index (χ1v) is 9.60. The number of esters is 1. The lowest BCUT2D eigenvalue weighted by molar-refractivity contribution is -0.124. The summed E-state index contributed by atoms with van der Waals surface area (Å²) >= 11 is 1.30. The molecule has 0 saturated carbocycles. The number of amides is 1. The van der Waals surface area contributed by atoms with Crippen molar-refractivity contribution in [1.29, 1.82) is 0 Å². The van der Waals surface area contributed by atoms with Crippen LogP contribution in [0.5, 0.6) is 0 Å². The van der Waals surface area contributed by atoms with E-state index in [1.807, 2.05) is 31.2 Å². The van der Waals surface area contributed by atoms with Crippen LogP contribution in [0, 0.1) is 6.92 Å². The number of hydrogen-bond donors (Lipinski definition) is 1. The first-order valence-electron chi connectivity index (χ1n) is 8.72. The topological polar surface area (TPSA) is 72.5 Å². The standard InChI is InChI=1S/C22H19NO4S/c1-15-7-2-3-8-16(15)13-23-20(24)14-27-22(26)18-10-5-4-9-17(18)21(25)19-11-6-12-28-19/h2-12H,13-14H2,1H3,(H,23,24). The quantitative estimate of drug-likeness (QED) is 0.490. The Hall–Kier alpha value is -3.25. The van der Waals surface area contributed by atoms with Crippen molar-refractivity contribution >= 4 is 29.0 Å². The molecular weight excluding hydrogens is 374 g/mol. The molecule has 0 radical (unpaired) electrons. The maximum atomic E-state index is 12.6. The third-order valence-electron chi connectivity index (χ3n) is 4.21. The van der Waals surface area contributed by atoms with Crippen molar-refractivity contribution in [3.8, 4) is 0 Å². The molecule has 0 fully saturated rings. The van der Waals surface area contributed by atoms with Gasteiger partial charge >= 0.3 is 5.97 Å². The molecule has 5 nitrogen and oxygen atoms in total. The Kier molecular flexibility index (Phi) is 6.34. The van der Waals surface area contributed by atoms with Crippen molar-refractivity contribution in [2.45, 2.75) is 13.5 Å². The largest absolute Gasteiger partial charge is 0.452 e. The molecule has 0 bridgehead atoms. The van der Waals surface area contributed by atoms with Gasteiger partial charge in [0, 0.05) is 12.1 Å². The van der Waals surface area contributed by atoms with Gasteiger partial charge in [-0.25, -0.2) is 4.79 Å². The Bertz CT molecular complexity index is 995. The summed E-state index contributed by atoms with van der Waals surface area (Å²) in [6.45, 7) is 1.91. The van der Waals surface area contributed by atoms with Gasteiger partial charge in [-0.05, 0) is 35.6 Å². The van der Waals surface area contributed by atoms with Gasteiger partial charge in [-0.3, -0.25) is 9.59 Å². The molecule has 1 amide bonds. The summed E-state index contributed by atoms with van der Waals surface area (Å²) in [5.74, 6) is -1.35. The number of benzene rings is 2. The van der Waals surface area contributed by atoms with Gasteiger partial charge in [0.05, 0.1) is 10.4 Å². The number of aryl methyl sites for hydroxylation is 1. The number of nitrogens with one attached hydrogen (secondary N) is 1. The van der Waals surface area contributed by atoms with Crippen molar-refractivity contribution in [1.82, 2.24) is 5.32 Å². The van der Waals surface area contributed by atoms with Gasteiger partial charge in [0.2, 0.25) is 5.78 Å². The molecule has 6 heteroatoms. The Morgan fingerprint density at radius 1 is 0.929 bits per heavy atom. The van der Waals surface area contributed by atoms with E-state index in [-0.39, 0.29) is 16.9 Å². The SMILES string of the molecule is Cc1ccccc1CNC(=O)COC(=O)c1ccccc1C(=O)c1cccs1. The Balaban J connectivity index is 1.60. The second-order valence-electron chi connectivity index (χ2n) is 6.13. The zero-order valence-corrected chi connectivity index (χ0v) is 16.1. The van der Waals surface area contributed by atoms with Gasteiger partial charge in [0.1, 0.15) is 0 Å². The third kappa shape index (κ3) is 4.72. The van der Waals surface area contributed by atoms with E-state index >= 15 is 0 Å². The van der Waals surface area contributed by atoms with Gasteiger partial charge in [-0.2, -0.15) is 0 Å². The number of thiophene rings is 1. The van der Waals surface area contributed by atoms with Crippen LogP contribution >= 0.6 is 11.3 Å². The first kappa shape index (κ1) is 19.5. The minimum atomic E-state index is -0.702. The van der Waals surface area contributed by atoms with Gasteiger partial charge in [-0.1, -0.05) is 48.5 Å². The molecule has 0 spiro atoms. The highest BCUT2D eigenvalue weighted by atomic mass is 32.1. The summed E-state index contributed by atoms with van der Waals surface area (Å²) in [6.07, 6.45) is 0. The molecule has 0 unspecified atom stereocenters. The zero-order valence-electron chi connectivity index (χ0n) is 15.3. The van der Waals surface area contributed by atoms with Crippen LogP contribution in [0.25, 0.3) is 0 Å². The minimum Gasteiger partial charge on any atom is -0.452 e. The average molecular weight is 393 g/mol. The van der Waals surface area contributed by atoms with Crippen LogP contribution < -0.4 is 5.32 Å². The molecule has 3 aromatic rings. The van der Waals surface area contributed by atoms with Crippen LogP contribution in [-0.2, 0) is 16.1 Å². The molecule has 28 heavy (non-hydrogen) atoms. The van der Waals surface area contributed by atoms with E-state index in [9.17, 15) is 14.4 Å². The Morgan fingerprint density at radius 3 is 2.36 bits per heavy atom. The predicted octanol–water partition coefficient (Wildman–Crippen LogP) is 3.76. The molecule has 142 valence electrons. The maximum Gasteiger partial charge on any atom is 0.339 e. The van der Waals surface area contributed by atoms with Crippen LogP contribution in [-0.4, -0.2) is 24.3 Å². The number of carbonyl (C=O) groups is 3. The van der Waals surface area contributed by atoms with Gasteiger partial charge in [0.15, 0.2) is 6.61 Å². The summed E-state index contributed by atoms with van der Waals surface area (Å²) in [5.41, 5.74) is 2.47. The second-order valence-corrected chi connectivity index (χ2v) is 7.08. The smallest absolute Gasteiger partial charge is 0.339 e. The highest BCUT2D eigenvalue weighted by Gasteiger charge is 2.20. The highest BCUT2D eigenvalue weighted by Crippen LogP contribution is 2.19. The first-order chi connectivity index (χ1) is 13.6. The van der Waals surface area contributed by atoms with E-state index in [4.69, 9.17) is 4.74 Å². The number of hydrogen-bond acceptors (Lipinski definition) is 5. The van der Waals surface area contributed by atoms with Crippen LogP contribution in [0.3, 0.4) is 0 Å². The number of ketones is 1. The lowest BCUT2D eigenvalue weighted by atomic mass is 10.0. The summed E-state index contributed by atoms with van der Waals surface area (Å²) in [5, 5.41) is 4.52. The molecule has 1 aromatic heterocycles. The van der Waals surface area contributed by atoms with Crippen LogP contribution in [0.2, 0.25) is 0 Å². The van der Waals surface area contributed by atoms with Gasteiger partial charge in [0.25, 0.3) is 5.91 Å². The number of rotatable bonds is 7. The summed E-state index contributed by atoms with van der Waals surface area (Å²) in [7, 11) is 0. The number of ether oxygens (including phenoxy) is 1. The average Bonchev–Trinajstić information content (AvgIpc) is 3.25. The maximum absolute atomic E-state index is 12.6. The van der Waals surface area contributed by atoms with Crippen molar-refractivity contribution in [3.05, 3.63) is 93.2 Å². The highest BCUT2D eigenvalue weighted by molar-refractivity contribution is 7.12. The lowest BCUT2D eigenvalue weighted by Gasteiger charge is -2.10. The normalized spacial score (nSPS) is 10.3. The second kappa shape index (κ2) is 9.10. The van der Waals surface area contributed by atoms with E-state index < -0.39 is 18.5 Å². The van der Waals surface area contributed by atoms with E-state index in [2.05, 4.69) is 5.32 Å². The summed E-state index contributed by atoms with van der Waals surface area (Å²) in [4.78, 5) is 37.6. The van der Waals surface area contributed by atoms with E-state index in [1.165, 1.54) is 17.4 Å². The van der Waals surface area contributed by atoms with Gasteiger partial charge in [-0.15, -0.1) is 11.3 Å². The molecule has 1 N–H and O–H groups in total. The predicted molar refractivity (Wildman–Crippen MR) is 108 cm³/mol. The molecule has 2 aromatic carbocycles. The zero-order chi connectivity index (χ0) is 19.9. The molecule has 0 aliphatic heterocycles. The van der Waals surface area contributed by atoms with Crippen LogP contribution in [0.4, 0.5) is 0 Å². The van der Waals surface area contributed by atoms with Crippen molar-refractivity contribution in [3.63, 3.8) is 0 Å². The van der Waals surface area contributed by atoms with Crippen molar-refractivity contribution in [2.75, 3.05) is 6.61 Å². The summed E-state index contributed by atoms with van der Waals surface area (Å²) < 4.78 is 5.12. The fourth-order valence-electron chi connectivity index (χ4n) is 2.66. The molecule has 0 aliphatic rings.